The number of hydrogen-bond donors (Lipinski definition) is 2. The molecule has 0 radical (unpaired) electrons. The van der Waals surface area contributed by atoms with Gasteiger partial charge in [-0.05, 0) is 18.4 Å². The van der Waals surface area contributed by atoms with Gasteiger partial charge in [0.25, 0.3) is 0 Å². The standard InChI is InChI=1S/C16H23NO4/c1-3-4-13(21-2)10-15(18)12-7-5-11(6-8-12)9-14(17)16(19)20/h5-8,13-14H,3-4,9-10,17H2,1-2H3,(H,19,20). The molecule has 116 valence electrons. The van der Waals surface area contributed by atoms with E-state index in [1.165, 1.54) is 0 Å². The van der Waals surface area contributed by atoms with E-state index in [1.54, 1.807) is 31.4 Å². The minimum absolute atomic E-state index is 0.0318. The fourth-order valence-corrected chi connectivity index (χ4v) is 2.12. The van der Waals surface area contributed by atoms with Crippen LogP contribution in [-0.4, -0.2) is 36.1 Å². The molecule has 1 aromatic carbocycles. The predicted octanol–water partition coefficient (Wildman–Crippen LogP) is 2.03. The van der Waals surface area contributed by atoms with Crippen LogP contribution in [0.25, 0.3) is 0 Å². The zero-order valence-corrected chi connectivity index (χ0v) is 12.5. The summed E-state index contributed by atoms with van der Waals surface area (Å²) >= 11 is 0. The van der Waals surface area contributed by atoms with Crippen LogP contribution in [-0.2, 0) is 16.0 Å². The number of Topliss-reactive ketones (excluding diaryl/α,β-unsaturated/α-hetero) is 1. The van der Waals surface area contributed by atoms with Gasteiger partial charge < -0.3 is 15.6 Å². The molecule has 1 aromatic rings. The zero-order chi connectivity index (χ0) is 15.8. The van der Waals surface area contributed by atoms with Crippen LogP contribution in [0.2, 0.25) is 0 Å². The molecule has 0 aliphatic rings. The Morgan fingerprint density at radius 2 is 1.90 bits per heavy atom. The first kappa shape index (κ1) is 17.3. The number of carbonyl (C=O) groups excluding carboxylic acids is 1. The van der Waals surface area contributed by atoms with Gasteiger partial charge in [0.15, 0.2) is 5.78 Å². The number of ketones is 1. The van der Waals surface area contributed by atoms with Crippen molar-refractivity contribution in [3.63, 3.8) is 0 Å². The van der Waals surface area contributed by atoms with Gasteiger partial charge >= 0.3 is 5.97 Å². The van der Waals surface area contributed by atoms with Crippen molar-refractivity contribution in [1.82, 2.24) is 0 Å². The molecule has 0 aliphatic heterocycles. The first-order valence-corrected chi connectivity index (χ1v) is 7.11. The molecule has 0 fully saturated rings. The molecule has 0 aliphatic carbocycles. The van der Waals surface area contributed by atoms with Gasteiger partial charge in [-0.2, -0.15) is 0 Å². The third kappa shape index (κ3) is 5.65. The summed E-state index contributed by atoms with van der Waals surface area (Å²) < 4.78 is 5.28. The zero-order valence-electron chi connectivity index (χ0n) is 12.5. The van der Waals surface area contributed by atoms with Crippen molar-refractivity contribution in [2.75, 3.05) is 7.11 Å². The van der Waals surface area contributed by atoms with Crippen LogP contribution in [0, 0.1) is 0 Å². The van der Waals surface area contributed by atoms with Gasteiger partial charge in [0.05, 0.1) is 6.10 Å². The summed E-state index contributed by atoms with van der Waals surface area (Å²) in [5.74, 6) is -0.998. The van der Waals surface area contributed by atoms with E-state index in [0.717, 1.165) is 18.4 Å². The Labute approximate surface area is 125 Å². The van der Waals surface area contributed by atoms with E-state index in [4.69, 9.17) is 15.6 Å². The van der Waals surface area contributed by atoms with Crippen molar-refractivity contribution in [2.24, 2.45) is 5.73 Å². The monoisotopic (exact) mass is 293 g/mol. The SMILES string of the molecule is CCCC(CC(=O)c1ccc(CC(N)C(=O)O)cc1)OC. The molecule has 0 saturated carbocycles. The van der Waals surface area contributed by atoms with Crippen molar-refractivity contribution in [3.05, 3.63) is 35.4 Å². The number of ether oxygens (including phenoxy) is 1. The van der Waals surface area contributed by atoms with Crippen LogP contribution >= 0.6 is 0 Å². The lowest BCUT2D eigenvalue weighted by atomic mass is 9.99. The Kier molecular flexibility index (Phi) is 7.05. The molecule has 0 amide bonds. The largest absolute Gasteiger partial charge is 0.480 e. The number of methoxy groups -OCH3 is 1. The summed E-state index contributed by atoms with van der Waals surface area (Å²) in [6, 6.07) is 6.00. The van der Waals surface area contributed by atoms with Gasteiger partial charge in [-0.1, -0.05) is 37.6 Å². The van der Waals surface area contributed by atoms with E-state index < -0.39 is 12.0 Å². The average molecular weight is 293 g/mol. The highest BCUT2D eigenvalue weighted by Gasteiger charge is 2.15. The number of nitrogens with two attached hydrogens (primary N) is 1. The minimum Gasteiger partial charge on any atom is -0.480 e. The molecule has 0 bridgehead atoms. The molecule has 0 aromatic heterocycles. The van der Waals surface area contributed by atoms with E-state index in [9.17, 15) is 9.59 Å². The second kappa shape index (κ2) is 8.54. The summed E-state index contributed by atoms with van der Waals surface area (Å²) in [4.78, 5) is 22.8. The number of carbonyl (C=O) groups is 2. The topological polar surface area (TPSA) is 89.6 Å². The third-order valence-corrected chi connectivity index (χ3v) is 3.41. The van der Waals surface area contributed by atoms with Gasteiger partial charge in [0.1, 0.15) is 6.04 Å². The number of benzene rings is 1. The molecule has 0 heterocycles. The molecule has 0 saturated heterocycles. The van der Waals surface area contributed by atoms with E-state index in [1.807, 2.05) is 0 Å². The number of aliphatic carboxylic acids is 1. The minimum atomic E-state index is -1.03. The summed E-state index contributed by atoms with van der Waals surface area (Å²) in [7, 11) is 1.62. The van der Waals surface area contributed by atoms with Crippen molar-refractivity contribution in [3.8, 4) is 0 Å². The van der Waals surface area contributed by atoms with Crippen LogP contribution in [0.5, 0.6) is 0 Å². The second-order valence-corrected chi connectivity index (χ2v) is 5.12. The van der Waals surface area contributed by atoms with Gasteiger partial charge in [0, 0.05) is 19.1 Å². The normalized spacial score (nSPS) is 13.7. The molecule has 5 heteroatoms. The fraction of sp³-hybridized carbons (Fsp3) is 0.500. The maximum absolute atomic E-state index is 12.1. The number of carboxylic acid groups (broad SMARTS) is 1. The van der Waals surface area contributed by atoms with Gasteiger partial charge in [-0.15, -0.1) is 0 Å². The molecule has 3 N–H and O–H groups in total. The Morgan fingerprint density at radius 3 is 2.38 bits per heavy atom. The molecular formula is C16H23NO4. The summed E-state index contributed by atoms with van der Waals surface area (Å²) in [5, 5.41) is 8.77. The predicted molar refractivity (Wildman–Crippen MR) is 80.4 cm³/mol. The highest BCUT2D eigenvalue weighted by atomic mass is 16.5. The number of carboxylic acids is 1. The molecule has 0 spiro atoms. The highest BCUT2D eigenvalue weighted by molar-refractivity contribution is 5.96. The Morgan fingerprint density at radius 1 is 1.29 bits per heavy atom. The first-order chi connectivity index (χ1) is 9.97. The van der Waals surface area contributed by atoms with Crippen LogP contribution in [0.4, 0.5) is 0 Å². The van der Waals surface area contributed by atoms with Crippen molar-refractivity contribution >= 4 is 11.8 Å². The van der Waals surface area contributed by atoms with E-state index in [2.05, 4.69) is 6.92 Å². The van der Waals surface area contributed by atoms with Crippen LogP contribution in [0.15, 0.2) is 24.3 Å². The Hall–Kier alpha value is -1.72. The van der Waals surface area contributed by atoms with Crippen molar-refractivity contribution < 1.29 is 19.4 Å². The lowest BCUT2D eigenvalue weighted by molar-refractivity contribution is -0.138. The van der Waals surface area contributed by atoms with Gasteiger partial charge in [-0.25, -0.2) is 0 Å². The van der Waals surface area contributed by atoms with Crippen LogP contribution in [0.3, 0.4) is 0 Å². The molecule has 1 rings (SSSR count). The van der Waals surface area contributed by atoms with Crippen LogP contribution in [0.1, 0.15) is 42.1 Å². The smallest absolute Gasteiger partial charge is 0.320 e. The molecule has 2 atom stereocenters. The maximum Gasteiger partial charge on any atom is 0.320 e. The third-order valence-electron chi connectivity index (χ3n) is 3.41. The Balaban J connectivity index is 2.64. The first-order valence-electron chi connectivity index (χ1n) is 7.11. The van der Waals surface area contributed by atoms with Crippen molar-refractivity contribution in [2.45, 2.75) is 44.8 Å². The van der Waals surface area contributed by atoms with Crippen LogP contribution < -0.4 is 5.73 Å². The van der Waals surface area contributed by atoms with E-state index >= 15 is 0 Å². The summed E-state index contributed by atoms with van der Waals surface area (Å²) in [5.41, 5.74) is 6.90. The van der Waals surface area contributed by atoms with Gasteiger partial charge in [0.2, 0.25) is 0 Å². The number of rotatable bonds is 9. The van der Waals surface area contributed by atoms with Gasteiger partial charge in [-0.3, -0.25) is 9.59 Å². The fourth-order valence-electron chi connectivity index (χ4n) is 2.12. The highest BCUT2D eigenvalue weighted by Crippen LogP contribution is 2.13. The molecular weight excluding hydrogens is 270 g/mol. The molecule has 5 nitrogen and oxygen atoms in total. The molecule has 2 unspecified atom stereocenters. The molecule has 21 heavy (non-hydrogen) atoms. The van der Waals surface area contributed by atoms with E-state index in [0.29, 0.717) is 12.0 Å². The lowest BCUT2D eigenvalue weighted by Crippen LogP contribution is -2.32. The maximum atomic E-state index is 12.1. The Bertz CT molecular complexity index is 470. The summed E-state index contributed by atoms with van der Waals surface area (Å²) in [6.07, 6.45) is 2.38. The second-order valence-electron chi connectivity index (χ2n) is 5.12. The van der Waals surface area contributed by atoms with E-state index in [-0.39, 0.29) is 18.3 Å². The van der Waals surface area contributed by atoms with Crippen molar-refractivity contribution in [1.29, 1.82) is 0 Å². The summed E-state index contributed by atoms with van der Waals surface area (Å²) in [6.45, 7) is 2.05. The average Bonchev–Trinajstić information content (AvgIpc) is 2.47. The quantitative estimate of drug-likeness (QED) is 0.680. The lowest BCUT2D eigenvalue weighted by Gasteiger charge is -2.13. The number of hydrogen-bond acceptors (Lipinski definition) is 4.